The van der Waals surface area contributed by atoms with Gasteiger partial charge in [0.2, 0.25) is 0 Å². The number of nitrogens with two attached hydrogens (primary N) is 1. The number of carbonyl (C=O) groups excluding carboxylic acids is 2. The second-order valence-corrected chi connectivity index (χ2v) is 9.94. The highest BCUT2D eigenvalue weighted by atomic mass is 35.5. The fourth-order valence-electron chi connectivity index (χ4n) is 7.44. The van der Waals surface area contributed by atoms with Crippen LogP contribution in [0.1, 0.15) is 65.7 Å². The van der Waals surface area contributed by atoms with E-state index in [9.17, 15) is 9.59 Å². The Kier molecular flexibility index (Phi) is 6.00. The Bertz CT molecular complexity index is 681. The zero-order chi connectivity index (χ0) is 19.4. The molecule has 0 aromatic rings. The van der Waals surface area contributed by atoms with Crippen LogP contribution in [0.2, 0.25) is 0 Å². The molecule has 4 fully saturated rings. The molecular formula is C22H35ClN2O3. The zero-order valence-corrected chi connectivity index (χ0v) is 18.2. The number of nitrogens with zero attached hydrogens (tertiary/aromatic N) is 1. The van der Waals surface area contributed by atoms with E-state index in [4.69, 9.17) is 10.6 Å². The number of halogens is 1. The molecule has 4 rings (SSSR count). The monoisotopic (exact) mass is 410 g/mol. The summed E-state index contributed by atoms with van der Waals surface area (Å²) in [5, 5.41) is 4.33. The molecule has 2 N–H and O–H groups in total. The molecule has 0 radical (unpaired) electrons. The quantitative estimate of drug-likeness (QED) is 0.567. The summed E-state index contributed by atoms with van der Waals surface area (Å²) in [4.78, 5) is 31.2. The van der Waals surface area contributed by atoms with E-state index in [0.29, 0.717) is 55.3 Å². The van der Waals surface area contributed by atoms with Crippen LogP contribution < -0.4 is 5.73 Å². The molecule has 2 unspecified atom stereocenters. The minimum Gasteiger partial charge on any atom is -0.394 e. The van der Waals surface area contributed by atoms with Crippen LogP contribution in [-0.4, -0.2) is 30.4 Å². The van der Waals surface area contributed by atoms with Crippen molar-refractivity contribution in [3.63, 3.8) is 0 Å². The van der Waals surface area contributed by atoms with Gasteiger partial charge in [-0.15, -0.1) is 12.4 Å². The summed E-state index contributed by atoms with van der Waals surface area (Å²) in [6, 6.07) is 0. The summed E-state index contributed by atoms with van der Waals surface area (Å²) >= 11 is 0. The minimum atomic E-state index is -0.173. The van der Waals surface area contributed by atoms with Gasteiger partial charge in [0.15, 0.2) is 0 Å². The Morgan fingerprint density at radius 3 is 2.61 bits per heavy atom. The average molecular weight is 411 g/mol. The third kappa shape index (κ3) is 3.04. The molecule has 4 aliphatic rings. The number of carbonyl (C=O) groups is 2. The van der Waals surface area contributed by atoms with Gasteiger partial charge in [-0.2, -0.15) is 0 Å². The van der Waals surface area contributed by atoms with Crippen molar-refractivity contribution in [1.29, 1.82) is 0 Å². The molecule has 0 bridgehead atoms. The molecule has 0 amide bonds. The highest BCUT2D eigenvalue weighted by Crippen LogP contribution is 2.65. The van der Waals surface area contributed by atoms with Crippen LogP contribution in [0.15, 0.2) is 5.16 Å². The Hall–Kier alpha value is -0.940. The van der Waals surface area contributed by atoms with Crippen LogP contribution in [0, 0.1) is 40.4 Å². The van der Waals surface area contributed by atoms with E-state index in [0.717, 1.165) is 37.8 Å². The van der Waals surface area contributed by atoms with Gasteiger partial charge in [0, 0.05) is 36.6 Å². The first-order valence-electron chi connectivity index (χ1n) is 10.8. The van der Waals surface area contributed by atoms with Gasteiger partial charge in [-0.3, -0.25) is 9.59 Å². The first kappa shape index (κ1) is 21.8. The van der Waals surface area contributed by atoms with Crippen molar-refractivity contribution in [3.8, 4) is 0 Å². The van der Waals surface area contributed by atoms with Crippen LogP contribution in [0.4, 0.5) is 0 Å². The maximum Gasteiger partial charge on any atom is 0.139 e. The fraction of sp³-hybridized carbons (Fsp3) is 0.864. The van der Waals surface area contributed by atoms with Crippen molar-refractivity contribution in [2.24, 2.45) is 51.3 Å². The Labute approximate surface area is 174 Å². The van der Waals surface area contributed by atoms with Crippen molar-refractivity contribution in [2.75, 3.05) is 13.2 Å². The molecule has 0 aliphatic heterocycles. The SMILES string of the molecule is CC1/C(=N/OCCN)CC[C@@]2(C)C1C(=O)C[C@@H]1[C@H]2CC[C@]2(C)C(=O)CC[C@@H]12.Cl. The minimum absolute atomic E-state index is 0. The molecule has 4 aliphatic carbocycles. The highest BCUT2D eigenvalue weighted by molar-refractivity contribution is 5.95. The molecule has 0 heterocycles. The molecule has 0 aromatic heterocycles. The molecule has 7 atom stereocenters. The normalized spacial score (nSPS) is 46.4. The fourth-order valence-corrected chi connectivity index (χ4v) is 7.44. The number of hydrogen-bond donors (Lipinski definition) is 1. The van der Waals surface area contributed by atoms with Crippen molar-refractivity contribution < 1.29 is 14.4 Å². The molecule has 0 aromatic carbocycles. The highest BCUT2D eigenvalue weighted by Gasteiger charge is 2.63. The van der Waals surface area contributed by atoms with Crippen LogP contribution in [-0.2, 0) is 14.4 Å². The van der Waals surface area contributed by atoms with Crippen LogP contribution in [0.3, 0.4) is 0 Å². The van der Waals surface area contributed by atoms with E-state index in [1.165, 1.54) is 0 Å². The molecule has 4 saturated carbocycles. The van der Waals surface area contributed by atoms with Gasteiger partial charge in [0.05, 0.1) is 5.71 Å². The predicted octanol–water partition coefficient (Wildman–Crippen LogP) is 3.78. The standard InChI is InChI=1S/C22H34N2O3.ClH/c1-13-17(24-27-11-10-23)7-9-22(3)16-6-8-21(2)15(4-5-19(21)26)14(16)12-18(25)20(13)22;/h13-16,20H,4-12,23H2,1-3H3;1H/b24-17+;/t13?,14-,15-,16+,20?,21-,22+;/m0./s1. The second-order valence-electron chi connectivity index (χ2n) is 9.94. The molecule has 28 heavy (non-hydrogen) atoms. The van der Waals surface area contributed by atoms with Crippen molar-refractivity contribution in [2.45, 2.75) is 65.7 Å². The summed E-state index contributed by atoms with van der Waals surface area (Å²) < 4.78 is 0. The summed E-state index contributed by atoms with van der Waals surface area (Å²) in [5.41, 5.74) is 6.37. The van der Waals surface area contributed by atoms with Gasteiger partial charge in [-0.1, -0.05) is 25.9 Å². The van der Waals surface area contributed by atoms with E-state index in [2.05, 4.69) is 25.9 Å². The smallest absolute Gasteiger partial charge is 0.139 e. The maximum absolute atomic E-state index is 13.3. The first-order valence-corrected chi connectivity index (χ1v) is 10.8. The Morgan fingerprint density at radius 2 is 1.89 bits per heavy atom. The van der Waals surface area contributed by atoms with Crippen LogP contribution in [0.25, 0.3) is 0 Å². The lowest BCUT2D eigenvalue weighted by molar-refractivity contribution is -0.155. The summed E-state index contributed by atoms with van der Waals surface area (Å²) in [7, 11) is 0. The Morgan fingerprint density at radius 1 is 1.14 bits per heavy atom. The summed E-state index contributed by atoms with van der Waals surface area (Å²) in [5.74, 6) is 2.35. The number of rotatable bonds is 3. The van der Waals surface area contributed by atoms with E-state index < -0.39 is 0 Å². The molecule has 158 valence electrons. The lowest BCUT2D eigenvalue weighted by atomic mass is 9.43. The number of fused-ring (bicyclic) bond motifs is 5. The van der Waals surface area contributed by atoms with Crippen molar-refractivity contribution in [3.05, 3.63) is 0 Å². The third-order valence-corrected chi connectivity index (χ3v) is 8.82. The molecular weight excluding hydrogens is 376 g/mol. The van der Waals surface area contributed by atoms with Gasteiger partial charge in [-0.25, -0.2) is 0 Å². The van der Waals surface area contributed by atoms with E-state index in [1.54, 1.807) is 0 Å². The Balaban J connectivity index is 0.00000225. The molecule has 0 saturated heterocycles. The number of hydrogen-bond acceptors (Lipinski definition) is 5. The van der Waals surface area contributed by atoms with E-state index in [-0.39, 0.29) is 35.1 Å². The summed E-state index contributed by atoms with van der Waals surface area (Å²) in [6.07, 6.45) is 6.34. The first-order chi connectivity index (χ1) is 12.8. The number of oxime groups is 1. The van der Waals surface area contributed by atoms with Gasteiger partial charge < -0.3 is 10.6 Å². The van der Waals surface area contributed by atoms with E-state index in [1.807, 2.05) is 0 Å². The molecule has 0 spiro atoms. The zero-order valence-electron chi connectivity index (χ0n) is 17.4. The average Bonchev–Trinajstić information content (AvgIpc) is 2.92. The lowest BCUT2D eigenvalue weighted by Crippen LogP contribution is -2.58. The number of Topliss-reactive ketones (excluding diaryl/α,β-unsaturated/α-hetero) is 2. The molecule has 6 heteroatoms. The van der Waals surface area contributed by atoms with E-state index >= 15 is 0 Å². The topological polar surface area (TPSA) is 81.8 Å². The maximum atomic E-state index is 13.3. The molecule has 5 nitrogen and oxygen atoms in total. The third-order valence-electron chi connectivity index (χ3n) is 8.82. The van der Waals surface area contributed by atoms with Crippen molar-refractivity contribution in [1.82, 2.24) is 0 Å². The van der Waals surface area contributed by atoms with Crippen LogP contribution >= 0.6 is 12.4 Å². The number of ketones is 2. The van der Waals surface area contributed by atoms with Gasteiger partial charge in [0.25, 0.3) is 0 Å². The predicted molar refractivity (Wildman–Crippen MR) is 111 cm³/mol. The van der Waals surface area contributed by atoms with Gasteiger partial charge in [-0.05, 0) is 55.3 Å². The van der Waals surface area contributed by atoms with Gasteiger partial charge >= 0.3 is 0 Å². The summed E-state index contributed by atoms with van der Waals surface area (Å²) in [6.45, 7) is 7.54. The lowest BCUT2D eigenvalue weighted by Gasteiger charge is -2.59. The van der Waals surface area contributed by atoms with Crippen molar-refractivity contribution >= 4 is 29.7 Å². The second kappa shape index (κ2) is 7.71. The van der Waals surface area contributed by atoms with Gasteiger partial charge in [0.1, 0.15) is 18.2 Å². The largest absolute Gasteiger partial charge is 0.394 e. The van der Waals surface area contributed by atoms with Crippen LogP contribution in [0.5, 0.6) is 0 Å².